The Hall–Kier alpha value is -0.440. The van der Waals surface area contributed by atoms with E-state index in [9.17, 15) is 13.2 Å². The standard InChI is InChI=1S/C9H10BrNO4S2/c10-7-3-4-16-9(7)17(14,15)11(5-8(12)13)6-1-2-6/h3-4,6H,1-2,5H2,(H,12,13). The molecule has 5 nitrogen and oxygen atoms in total. The molecular formula is C9H10BrNO4S2. The molecule has 94 valence electrons. The summed E-state index contributed by atoms with van der Waals surface area (Å²) in [5.74, 6) is -1.13. The number of carbonyl (C=O) groups is 1. The Balaban J connectivity index is 2.35. The van der Waals surface area contributed by atoms with Crippen LogP contribution in [0.25, 0.3) is 0 Å². The molecule has 1 fully saturated rings. The number of nitrogens with zero attached hydrogens (tertiary/aromatic N) is 1. The largest absolute Gasteiger partial charge is 0.480 e. The molecule has 1 N–H and O–H groups in total. The molecule has 17 heavy (non-hydrogen) atoms. The molecule has 1 aliphatic rings. The summed E-state index contributed by atoms with van der Waals surface area (Å²) < 4.78 is 26.3. The van der Waals surface area contributed by atoms with Crippen LogP contribution in [0.15, 0.2) is 20.1 Å². The Kier molecular flexibility index (Phi) is 3.58. The van der Waals surface area contributed by atoms with Crippen molar-refractivity contribution in [2.45, 2.75) is 23.1 Å². The Bertz CT molecular complexity index is 535. The second-order valence-electron chi connectivity index (χ2n) is 3.73. The molecule has 1 saturated carbocycles. The molecule has 1 aromatic heterocycles. The molecule has 1 aromatic rings. The van der Waals surface area contributed by atoms with E-state index in [0.29, 0.717) is 4.47 Å². The fourth-order valence-corrected chi connectivity index (χ4v) is 5.54. The van der Waals surface area contributed by atoms with Gasteiger partial charge in [0.15, 0.2) is 0 Å². The number of sulfonamides is 1. The summed E-state index contributed by atoms with van der Waals surface area (Å²) >= 11 is 4.25. The van der Waals surface area contributed by atoms with Gasteiger partial charge in [-0.2, -0.15) is 4.31 Å². The minimum absolute atomic E-state index is 0.162. The Morgan fingerprint density at radius 3 is 2.65 bits per heavy atom. The highest BCUT2D eigenvalue weighted by atomic mass is 79.9. The quantitative estimate of drug-likeness (QED) is 0.886. The van der Waals surface area contributed by atoms with E-state index in [1.54, 1.807) is 11.4 Å². The molecule has 0 aliphatic heterocycles. The smallest absolute Gasteiger partial charge is 0.318 e. The molecular weight excluding hydrogens is 330 g/mol. The van der Waals surface area contributed by atoms with Gasteiger partial charge < -0.3 is 5.11 Å². The van der Waals surface area contributed by atoms with Crippen molar-refractivity contribution in [2.75, 3.05) is 6.54 Å². The number of rotatable bonds is 5. The lowest BCUT2D eigenvalue weighted by Crippen LogP contribution is -2.37. The maximum atomic E-state index is 12.3. The molecule has 0 radical (unpaired) electrons. The zero-order valence-electron chi connectivity index (χ0n) is 8.67. The van der Waals surface area contributed by atoms with Gasteiger partial charge in [-0.25, -0.2) is 8.42 Å². The molecule has 2 rings (SSSR count). The summed E-state index contributed by atoms with van der Waals surface area (Å²) in [6.07, 6.45) is 1.46. The van der Waals surface area contributed by atoms with Crippen LogP contribution >= 0.6 is 27.3 Å². The summed E-state index contributed by atoms with van der Waals surface area (Å²) in [5, 5.41) is 10.4. The lowest BCUT2D eigenvalue weighted by molar-refractivity contribution is -0.137. The molecule has 1 aliphatic carbocycles. The minimum Gasteiger partial charge on any atom is -0.480 e. The molecule has 0 bridgehead atoms. The van der Waals surface area contributed by atoms with Crippen LogP contribution in [0.3, 0.4) is 0 Å². The summed E-state index contributed by atoms with van der Waals surface area (Å²) in [6.45, 7) is -0.475. The summed E-state index contributed by atoms with van der Waals surface area (Å²) in [4.78, 5) is 10.7. The number of halogens is 1. The molecule has 8 heteroatoms. The second-order valence-corrected chi connectivity index (χ2v) is 7.59. The average molecular weight is 340 g/mol. The van der Waals surface area contributed by atoms with Crippen LogP contribution in [0.5, 0.6) is 0 Å². The average Bonchev–Trinajstić information content (AvgIpc) is 2.96. The van der Waals surface area contributed by atoms with E-state index in [0.717, 1.165) is 28.5 Å². The third kappa shape index (κ3) is 2.70. The lowest BCUT2D eigenvalue weighted by Gasteiger charge is -2.18. The van der Waals surface area contributed by atoms with Crippen LogP contribution in [0.4, 0.5) is 0 Å². The van der Waals surface area contributed by atoms with Crippen molar-refractivity contribution in [3.8, 4) is 0 Å². The first-order chi connectivity index (χ1) is 7.93. The number of hydrogen-bond acceptors (Lipinski definition) is 4. The summed E-state index contributed by atoms with van der Waals surface area (Å²) in [5.41, 5.74) is 0. The van der Waals surface area contributed by atoms with Crippen molar-refractivity contribution in [1.82, 2.24) is 4.31 Å². The van der Waals surface area contributed by atoms with Gasteiger partial charge in [0.2, 0.25) is 0 Å². The maximum Gasteiger partial charge on any atom is 0.318 e. The van der Waals surface area contributed by atoms with Crippen LogP contribution in [0, 0.1) is 0 Å². The number of carboxylic acid groups (broad SMARTS) is 1. The van der Waals surface area contributed by atoms with E-state index >= 15 is 0 Å². The van der Waals surface area contributed by atoms with E-state index in [1.807, 2.05) is 0 Å². The molecule has 0 spiro atoms. The van der Waals surface area contributed by atoms with Crippen molar-refractivity contribution in [3.05, 3.63) is 15.9 Å². The van der Waals surface area contributed by atoms with Gasteiger partial charge in [0.1, 0.15) is 10.8 Å². The Morgan fingerprint density at radius 2 is 2.24 bits per heavy atom. The van der Waals surface area contributed by atoms with E-state index in [-0.39, 0.29) is 10.3 Å². The highest BCUT2D eigenvalue weighted by Crippen LogP contribution is 2.36. The maximum absolute atomic E-state index is 12.3. The van der Waals surface area contributed by atoms with Gasteiger partial charge in [-0.1, -0.05) is 0 Å². The van der Waals surface area contributed by atoms with Gasteiger partial charge in [-0.05, 0) is 40.2 Å². The highest BCUT2D eigenvalue weighted by molar-refractivity contribution is 9.10. The van der Waals surface area contributed by atoms with Gasteiger partial charge in [-0.15, -0.1) is 11.3 Å². The monoisotopic (exact) mass is 339 g/mol. The summed E-state index contributed by atoms with van der Waals surface area (Å²) in [6, 6.07) is 1.48. The molecule has 0 aromatic carbocycles. The molecule has 0 atom stereocenters. The van der Waals surface area contributed by atoms with Crippen LogP contribution in [-0.2, 0) is 14.8 Å². The number of thiophene rings is 1. The molecule has 0 amide bonds. The third-order valence-corrected chi connectivity index (χ3v) is 6.92. The van der Waals surface area contributed by atoms with Crippen LogP contribution in [0.2, 0.25) is 0 Å². The van der Waals surface area contributed by atoms with Gasteiger partial charge in [0.25, 0.3) is 10.0 Å². The molecule has 0 unspecified atom stereocenters. The first-order valence-corrected chi connectivity index (χ1v) is 8.01. The zero-order chi connectivity index (χ0) is 12.6. The van der Waals surface area contributed by atoms with Crippen molar-refractivity contribution in [1.29, 1.82) is 0 Å². The normalized spacial score (nSPS) is 16.4. The first-order valence-electron chi connectivity index (χ1n) is 4.89. The zero-order valence-corrected chi connectivity index (χ0v) is 11.9. The van der Waals surface area contributed by atoms with E-state index in [2.05, 4.69) is 15.9 Å². The topological polar surface area (TPSA) is 74.7 Å². The fraction of sp³-hybridized carbons (Fsp3) is 0.444. The fourth-order valence-electron chi connectivity index (χ4n) is 1.48. The first kappa shape index (κ1) is 13.0. The van der Waals surface area contributed by atoms with Gasteiger partial charge >= 0.3 is 5.97 Å². The molecule has 0 saturated heterocycles. The van der Waals surface area contributed by atoms with E-state index < -0.39 is 22.5 Å². The van der Waals surface area contributed by atoms with Crippen molar-refractivity contribution in [2.24, 2.45) is 0 Å². The predicted octanol–water partition coefficient (Wildman–Crippen LogP) is 1.75. The highest BCUT2D eigenvalue weighted by Gasteiger charge is 2.40. The van der Waals surface area contributed by atoms with Crippen molar-refractivity contribution in [3.63, 3.8) is 0 Å². The minimum atomic E-state index is -3.70. The van der Waals surface area contributed by atoms with Crippen LogP contribution in [-0.4, -0.2) is 36.4 Å². The van der Waals surface area contributed by atoms with Gasteiger partial charge in [0, 0.05) is 10.5 Å². The van der Waals surface area contributed by atoms with Crippen molar-refractivity contribution < 1.29 is 18.3 Å². The van der Waals surface area contributed by atoms with E-state index in [4.69, 9.17) is 5.11 Å². The van der Waals surface area contributed by atoms with Crippen LogP contribution < -0.4 is 0 Å². The lowest BCUT2D eigenvalue weighted by atomic mass is 10.6. The number of carboxylic acids is 1. The van der Waals surface area contributed by atoms with E-state index in [1.165, 1.54) is 0 Å². The Labute approximate surface area is 111 Å². The second kappa shape index (κ2) is 4.68. The summed E-state index contributed by atoms with van der Waals surface area (Å²) in [7, 11) is -3.70. The number of aliphatic carboxylic acids is 1. The van der Waals surface area contributed by atoms with Gasteiger partial charge in [-0.3, -0.25) is 4.79 Å². The Morgan fingerprint density at radius 1 is 1.59 bits per heavy atom. The van der Waals surface area contributed by atoms with Gasteiger partial charge in [0.05, 0.1) is 0 Å². The number of hydrogen-bond donors (Lipinski definition) is 1. The molecule has 1 heterocycles. The van der Waals surface area contributed by atoms with Crippen molar-refractivity contribution >= 4 is 43.3 Å². The SMILES string of the molecule is O=C(O)CN(C1CC1)S(=O)(=O)c1sccc1Br. The van der Waals surface area contributed by atoms with Crippen LogP contribution in [0.1, 0.15) is 12.8 Å². The third-order valence-electron chi connectivity index (χ3n) is 2.37. The predicted molar refractivity (Wildman–Crippen MR) is 66.6 cm³/mol.